The molecule has 1 aromatic heterocycles. The summed E-state index contributed by atoms with van der Waals surface area (Å²) in [5.74, 6) is 1.28. The van der Waals surface area contributed by atoms with Crippen LogP contribution in [0.1, 0.15) is 29.9 Å². The Morgan fingerprint density at radius 1 is 1.19 bits per heavy atom. The van der Waals surface area contributed by atoms with Crippen LogP contribution in [0.15, 0.2) is 42.6 Å². The topological polar surface area (TPSA) is 60.2 Å². The first kappa shape index (κ1) is 13.9. The van der Waals surface area contributed by atoms with Gasteiger partial charge < -0.3 is 15.8 Å². The smallest absolute Gasteiger partial charge is 0.149 e. The lowest BCUT2D eigenvalue weighted by Gasteiger charge is -2.22. The Morgan fingerprint density at radius 2 is 1.95 bits per heavy atom. The van der Waals surface area contributed by atoms with E-state index in [9.17, 15) is 0 Å². The van der Waals surface area contributed by atoms with E-state index in [1.165, 1.54) is 11.1 Å². The molecular formula is C17H21N3O. The van der Waals surface area contributed by atoms with Gasteiger partial charge >= 0.3 is 0 Å². The van der Waals surface area contributed by atoms with Gasteiger partial charge in [0.15, 0.2) is 0 Å². The quantitative estimate of drug-likeness (QED) is 0.905. The lowest BCUT2D eigenvalue weighted by molar-refractivity contribution is 0.0853. The van der Waals surface area contributed by atoms with E-state index in [4.69, 9.17) is 10.5 Å². The second kappa shape index (κ2) is 6.59. The SMILES string of the molecule is Nc1cc(C2CCOCC2)cnc1NCc1ccccc1. The number of rotatable bonds is 4. The summed E-state index contributed by atoms with van der Waals surface area (Å²) < 4.78 is 5.40. The Morgan fingerprint density at radius 3 is 2.67 bits per heavy atom. The van der Waals surface area contributed by atoms with Crippen LogP contribution in [0.3, 0.4) is 0 Å². The molecule has 1 saturated heterocycles. The molecule has 0 amide bonds. The largest absolute Gasteiger partial charge is 0.396 e. The lowest BCUT2D eigenvalue weighted by atomic mass is 9.93. The minimum absolute atomic E-state index is 0.525. The Hall–Kier alpha value is -2.07. The Bertz CT molecular complexity index is 580. The highest BCUT2D eigenvalue weighted by Crippen LogP contribution is 2.29. The van der Waals surface area contributed by atoms with Gasteiger partial charge in [-0.2, -0.15) is 0 Å². The molecule has 4 nitrogen and oxygen atoms in total. The van der Waals surface area contributed by atoms with Gasteiger partial charge in [0.05, 0.1) is 5.69 Å². The molecule has 3 N–H and O–H groups in total. The number of nitrogen functional groups attached to an aromatic ring is 1. The molecule has 0 atom stereocenters. The molecule has 2 heterocycles. The fourth-order valence-electron chi connectivity index (χ4n) is 2.68. The maximum absolute atomic E-state index is 6.14. The van der Waals surface area contributed by atoms with E-state index in [-0.39, 0.29) is 0 Å². The van der Waals surface area contributed by atoms with Gasteiger partial charge in [0.1, 0.15) is 5.82 Å². The van der Waals surface area contributed by atoms with Crippen molar-refractivity contribution in [1.82, 2.24) is 4.98 Å². The minimum Gasteiger partial charge on any atom is -0.396 e. The van der Waals surface area contributed by atoms with Gasteiger partial charge in [-0.3, -0.25) is 0 Å². The Kier molecular flexibility index (Phi) is 4.36. The molecular weight excluding hydrogens is 262 g/mol. The monoisotopic (exact) mass is 283 g/mol. The summed E-state index contributed by atoms with van der Waals surface area (Å²) in [6, 6.07) is 12.3. The number of hydrogen-bond donors (Lipinski definition) is 2. The van der Waals surface area contributed by atoms with Gasteiger partial charge in [-0.1, -0.05) is 30.3 Å². The summed E-state index contributed by atoms with van der Waals surface area (Å²) in [5, 5.41) is 3.30. The first-order chi connectivity index (χ1) is 10.3. The number of ether oxygens (including phenoxy) is 1. The van der Waals surface area contributed by atoms with Crippen LogP contribution in [-0.4, -0.2) is 18.2 Å². The summed E-state index contributed by atoms with van der Waals surface area (Å²) in [5.41, 5.74) is 9.29. The fraction of sp³-hybridized carbons (Fsp3) is 0.353. The van der Waals surface area contributed by atoms with E-state index in [2.05, 4.69) is 28.5 Å². The average Bonchev–Trinajstić information content (AvgIpc) is 2.55. The molecule has 21 heavy (non-hydrogen) atoms. The van der Waals surface area contributed by atoms with E-state index in [0.717, 1.165) is 44.1 Å². The summed E-state index contributed by atoms with van der Waals surface area (Å²) >= 11 is 0. The molecule has 1 aliphatic rings. The highest BCUT2D eigenvalue weighted by Gasteiger charge is 2.17. The summed E-state index contributed by atoms with van der Waals surface area (Å²) in [4.78, 5) is 4.49. The average molecular weight is 283 g/mol. The number of nitrogens with two attached hydrogens (primary N) is 1. The normalized spacial score (nSPS) is 15.8. The van der Waals surface area contributed by atoms with Gasteiger partial charge in [-0.05, 0) is 36.0 Å². The molecule has 0 saturated carbocycles. The molecule has 0 unspecified atom stereocenters. The van der Waals surface area contributed by atoms with E-state index >= 15 is 0 Å². The molecule has 1 fully saturated rings. The predicted octanol–water partition coefficient (Wildman–Crippen LogP) is 3.17. The molecule has 110 valence electrons. The van der Waals surface area contributed by atoms with Gasteiger partial charge in [-0.25, -0.2) is 4.98 Å². The predicted molar refractivity (Wildman–Crippen MR) is 85.2 cm³/mol. The van der Waals surface area contributed by atoms with E-state index in [1.807, 2.05) is 24.4 Å². The summed E-state index contributed by atoms with van der Waals surface area (Å²) in [6.07, 6.45) is 4.05. The van der Waals surface area contributed by atoms with Crippen molar-refractivity contribution >= 4 is 11.5 Å². The zero-order chi connectivity index (χ0) is 14.5. The fourth-order valence-corrected chi connectivity index (χ4v) is 2.68. The van der Waals surface area contributed by atoms with Crippen LogP contribution in [0.4, 0.5) is 11.5 Å². The van der Waals surface area contributed by atoms with Gasteiger partial charge in [-0.15, -0.1) is 0 Å². The number of aromatic nitrogens is 1. The Balaban J connectivity index is 1.66. The minimum atomic E-state index is 0.525. The second-order valence-corrected chi connectivity index (χ2v) is 5.43. The van der Waals surface area contributed by atoms with Gasteiger partial charge in [0, 0.05) is 26.0 Å². The van der Waals surface area contributed by atoms with Crippen LogP contribution >= 0.6 is 0 Å². The van der Waals surface area contributed by atoms with Crippen molar-refractivity contribution in [3.05, 3.63) is 53.7 Å². The number of nitrogens with one attached hydrogen (secondary N) is 1. The summed E-state index contributed by atoms with van der Waals surface area (Å²) in [6.45, 7) is 2.39. The maximum atomic E-state index is 6.14. The highest BCUT2D eigenvalue weighted by atomic mass is 16.5. The molecule has 0 bridgehead atoms. The van der Waals surface area contributed by atoms with Crippen molar-refractivity contribution in [2.24, 2.45) is 0 Å². The zero-order valence-corrected chi connectivity index (χ0v) is 12.1. The number of pyridine rings is 1. The zero-order valence-electron chi connectivity index (χ0n) is 12.1. The molecule has 1 aromatic carbocycles. The first-order valence-corrected chi connectivity index (χ1v) is 7.44. The third-order valence-electron chi connectivity index (χ3n) is 3.93. The van der Waals surface area contributed by atoms with Crippen molar-refractivity contribution in [3.63, 3.8) is 0 Å². The van der Waals surface area contributed by atoms with Crippen LogP contribution in [0.25, 0.3) is 0 Å². The molecule has 4 heteroatoms. The van der Waals surface area contributed by atoms with Crippen LogP contribution in [0, 0.1) is 0 Å². The number of anilines is 2. The maximum Gasteiger partial charge on any atom is 0.149 e. The molecule has 1 aliphatic heterocycles. The van der Waals surface area contributed by atoms with Crippen molar-refractivity contribution < 1.29 is 4.74 Å². The van der Waals surface area contributed by atoms with E-state index in [1.54, 1.807) is 0 Å². The van der Waals surface area contributed by atoms with Crippen molar-refractivity contribution in [3.8, 4) is 0 Å². The van der Waals surface area contributed by atoms with E-state index < -0.39 is 0 Å². The van der Waals surface area contributed by atoms with Crippen LogP contribution < -0.4 is 11.1 Å². The van der Waals surface area contributed by atoms with E-state index in [0.29, 0.717) is 5.92 Å². The number of nitrogens with zero attached hydrogens (tertiary/aromatic N) is 1. The Labute approximate surface area is 125 Å². The molecule has 3 rings (SSSR count). The first-order valence-electron chi connectivity index (χ1n) is 7.44. The van der Waals surface area contributed by atoms with Crippen molar-refractivity contribution in [1.29, 1.82) is 0 Å². The molecule has 0 spiro atoms. The third kappa shape index (κ3) is 3.52. The number of hydrogen-bond acceptors (Lipinski definition) is 4. The molecule has 0 radical (unpaired) electrons. The van der Waals surface area contributed by atoms with Crippen molar-refractivity contribution in [2.75, 3.05) is 24.3 Å². The van der Waals surface area contributed by atoms with Crippen LogP contribution in [-0.2, 0) is 11.3 Å². The number of benzene rings is 1. The highest BCUT2D eigenvalue weighted by molar-refractivity contribution is 5.62. The van der Waals surface area contributed by atoms with Crippen LogP contribution in [0.5, 0.6) is 0 Å². The van der Waals surface area contributed by atoms with Crippen molar-refractivity contribution in [2.45, 2.75) is 25.3 Å². The molecule has 0 aliphatic carbocycles. The van der Waals surface area contributed by atoms with Gasteiger partial charge in [0.2, 0.25) is 0 Å². The lowest BCUT2D eigenvalue weighted by Crippen LogP contribution is -2.15. The van der Waals surface area contributed by atoms with Gasteiger partial charge in [0.25, 0.3) is 0 Å². The standard InChI is InChI=1S/C17H21N3O/c18-16-10-15(14-6-8-21-9-7-14)12-20-17(16)19-11-13-4-2-1-3-5-13/h1-5,10,12,14H,6-9,11,18H2,(H,19,20). The molecule has 2 aromatic rings. The third-order valence-corrected chi connectivity index (χ3v) is 3.93. The second-order valence-electron chi connectivity index (χ2n) is 5.43. The van der Waals surface area contributed by atoms with Crippen LogP contribution in [0.2, 0.25) is 0 Å². The summed E-state index contributed by atoms with van der Waals surface area (Å²) in [7, 11) is 0.